The van der Waals surface area contributed by atoms with Crippen LogP contribution in [0.4, 0.5) is 0 Å². The van der Waals surface area contributed by atoms with E-state index in [4.69, 9.17) is 18.9 Å². The molecule has 6 fully saturated rings. The van der Waals surface area contributed by atoms with E-state index in [0.29, 0.717) is 44.1 Å². The molecule has 6 saturated heterocycles. The van der Waals surface area contributed by atoms with Crippen LogP contribution >= 0.6 is 15.9 Å². The van der Waals surface area contributed by atoms with Crippen molar-refractivity contribution in [3.8, 4) is 0 Å². The summed E-state index contributed by atoms with van der Waals surface area (Å²) in [7, 11) is 6.27. The summed E-state index contributed by atoms with van der Waals surface area (Å²) in [6.45, 7) is 0.775. The van der Waals surface area contributed by atoms with E-state index in [2.05, 4.69) is 15.9 Å². The van der Waals surface area contributed by atoms with E-state index in [1.807, 2.05) is 39.0 Å². The van der Waals surface area contributed by atoms with Crippen molar-refractivity contribution in [2.75, 3.05) is 48.3 Å². The van der Waals surface area contributed by atoms with Gasteiger partial charge in [0.25, 0.3) is 5.91 Å². The first kappa shape index (κ1) is 33.0. The van der Waals surface area contributed by atoms with Crippen molar-refractivity contribution in [1.29, 1.82) is 0 Å². The molecule has 47 heavy (non-hydrogen) atoms. The third-order valence-electron chi connectivity index (χ3n) is 12.8. The van der Waals surface area contributed by atoms with Crippen LogP contribution in [0.2, 0.25) is 0 Å². The molecule has 3 amide bonds. The number of fused-ring (bicyclic) bond motifs is 6. The molecular formula is C35H46BrN3O8. The Morgan fingerprint density at radius 1 is 0.660 bits per heavy atom. The molecular weight excluding hydrogens is 670 g/mol. The Balaban J connectivity index is 1.21. The number of hydrogen-bond acceptors (Lipinski definition) is 8. The monoisotopic (exact) mass is 715 g/mol. The maximum atomic E-state index is 15.0. The van der Waals surface area contributed by atoms with Crippen LogP contribution in [0.5, 0.6) is 0 Å². The molecule has 1 aromatic carbocycles. The molecule has 0 aliphatic carbocycles. The summed E-state index contributed by atoms with van der Waals surface area (Å²) in [5, 5.41) is 0. The number of methoxy groups -OCH3 is 4. The standard InChI is InChI=1S/C35H46BrN3O8/c1-44-18-33-12-9-23(37(33)29(40)21-5-7-22(36)8-6-21)15-26(33)30(41)38-24-10-13-34(38,19-45-2)27(16-24)31(42)39-25-11-14-35(39,20-46-3)28(17-25)32(43)47-4/h5-8,23-28H,9-20H2,1-4H3. The Morgan fingerprint density at radius 3 is 1.51 bits per heavy atom. The molecule has 9 atom stereocenters. The number of amides is 3. The van der Waals surface area contributed by atoms with Crippen LogP contribution in [0, 0.1) is 17.8 Å². The number of rotatable bonds is 10. The summed E-state index contributed by atoms with van der Waals surface area (Å²) in [4.78, 5) is 62.8. The van der Waals surface area contributed by atoms with Gasteiger partial charge in [0.2, 0.25) is 11.8 Å². The van der Waals surface area contributed by atoms with Gasteiger partial charge in [-0.3, -0.25) is 19.2 Å². The van der Waals surface area contributed by atoms with Crippen LogP contribution in [0.3, 0.4) is 0 Å². The number of esters is 1. The lowest BCUT2D eigenvalue weighted by Gasteiger charge is -2.45. The van der Waals surface area contributed by atoms with Gasteiger partial charge in [-0.1, -0.05) is 15.9 Å². The highest BCUT2D eigenvalue weighted by molar-refractivity contribution is 9.10. The average molecular weight is 717 g/mol. The smallest absolute Gasteiger partial charge is 0.311 e. The van der Waals surface area contributed by atoms with Crippen molar-refractivity contribution in [2.45, 2.75) is 92.5 Å². The predicted molar refractivity (Wildman–Crippen MR) is 173 cm³/mol. The molecule has 1 aromatic rings. The third-order valence-corrected chi connectivity index (χ3v) is 13.3. The molecule has 11 nitrogen and oxygen atoms in total. The lowest BCUT2D eigenvalue weighted by Crippen LogP contribution is -2.62. The zero-order valence-corrected chi connectivity index (χ0v) is 29.3. The molecule has 7 rings (SSSR count). The summed E-state index contributed by atoms with van der Waals surface area (Å²) in [5.41, 5.74) is -1.73. The van der Waals surface area contributed by atoms with Gasteiger partial charge < -0.3 is 33.6 Å². The highest BCUT2D eigenvalue weighted by atomic mass is 79.9. The average Bonchev–Trinajstić information content (AvgIpc) is 3.90. The lowest BCUT2D eigenvalue weighted by atomic mass is 9.74. The van der Waals surface area contributed by atoms with Crippen LogP contribution in [-0.2, 0) is 33.3 Å². The fourth-order valence-electron chi connectivity index (χ4n) is 11.1. The number of ether oxygens (including phenoxy) is 4. The van der Waals surface area contributed by atoms with Gasteiger partial charge in [-0.05, 0) is 82.1 Å². The summed E-state index contributed by atoms with van der Waals surface area (Å²) in [5.74, 6) is -1.75. The van der Waals surface area contributed by atoms with E-state index in [-0.39, 0.29) is 61.6 Å². The van der Waals surface area contributed by atoms with Gasteiger partial charge in [0, 0.05) is 49.5 Å². The first-order valence-electron chi connectivity index (χ1n) is 16.9. The first-order chi connectivity index (χ1) is 22.6. The van der Waals surface area contributed by atoms with E-state index >= 15 is 4.79 Å². The van der Waals surface area contributed by atoms with Crippen molar-refractivity contribution in [1.82, 2.24) is 14.7 Å². The van der Waals surface area contributed by atoms with Crippen molar-refractivity contribution < 1.29 is 38.1 Å². The van der Waals surface area contributed by atoms with Gasteiger partial charge in [-0.2, -0.15) is 0 Å². The number of halogens is 1. The number of hydrogen-bond donors (Lipinski definition) is 0. The van der Waals surface area contributed by atoms with Crippen molar-refractivity contribution in [2.24, 2.45) is 17.8 Å². The highest BCUT2D eigenvalue weighted by Gasteiger charge is 2.70. The molecule has 0 radical (unpaired) electrons. The van der Waals surface area contributed by atoms with E-state index in [1.54, 1.807) is 21.3 Å². The molecule has 0 N–H and O–H groups in total. The van der Waals surface area contributed by atoms with Crippen LogP contribution in [0.25, 0.3) is 0 Å². The second kappa shape index (κ2) is 12.1. The molecule has 256 valence electrons. The zero-order valence-electron chi connectivity index (χ0n) is 27.7. The molecule has 6 bridgehead atoms. The summed E-state index contributed by atoms with van der Waals surface area (Å²) >= 11 is 3.46. The predicted octanol–water partition coefficient (Wildman–Crippen LogP) is 3.42. The van der Waals surface area contributed by atoms with Crippen LogP contribution < -0.4 is 0 Å². The first-order valence-corrected chi connectivity index (χ1v) is 17.7. The van der Waals surface area contributed by atoms with Gasteiger partial charge >= 0.3 is 5.97 Å². The minimum Gasteiger partial charge on any atom is -0.469 e. The number of benzene rings is 1. The fraction of sp³-hybridized carbons (Fsp3) is 0.714. The fourth-order valence-corrected chi connectivity index (χ4v) is 11.4. The molecule has 12 heteroatoms. The Morgan fingerprint density at radius 2 is 1.06 bits per heavy atom. The molecule has 0 aromatic heterocycles. The van der Waals surface area contributed by atoms with Crippen molar-refractivity contribution in [3.63, 3.8) is 0 Å². The van der Waals surface area contributed by atoms with E-state index in [1.165, 1.54) is 7.11 Å². The Kier molecular flexibility index (Phi) is 8.49. The topological polar surface area (TPSA) is 115 Å². The number of carbonyl (C=O) groups is 4. The summed E-state index contributed by atoms with van der Waals surface area (Å²) in [6.07, 6.45) is 6.14. The van der Waals surface area contributed by atoms with Crippen molar-refractivity contribution >= 4 is 39.6 Å². The van der Waals surface area contributed by atoms with Crippen LogP contribution in [0.15, 0.2) is 28.7 Å². The van der Waals surface area contributed by atoms with Gasteiger partial charge in [0.05, 0.1) is 61.3 Å². The quantitative estimate of drug-likeness (QED) is 0.339. The van der Waals surface area contributed by atoms with Gasteiger partial charge in [0.15, 0.2) is 0 Å². The Bertz CT molecular complexity index is 1440. The second-order valence-corrected chi connectivity index (χ2v) is 15.6. The maximum absolute atomic E-state index is 15.0. The molecule has 6 aliphatic heterocycles. The SMILES string of the molecule is COCC12CCC(CC1C(=O)N1C3CCC1(COC)C(C(=O)N1C4CCC1(COC)C(C(=O)OC)C4)C3)N2C(=O)c1ccc(Br)cc1. The van der Waals surface area contributed by atoms with Crippen molar-refractivity contribution in [3.05, 3.63) is 34.3 Å². The van der Waals surface area contributed by atoms with Crippen LogP contribution in [0.1, 0.15) is 68.1 Å². The Hall–Kier alpha value is -2.54. The zero-order chi connectivity index (χ0) is 33.3. The molecule has 9 unspecified atom stereocenters. The largest absolute Gasteiger partial charge is 0.469 e. The van der Waals surface area contributed by atoms with E-state index in [9.17, 15) is 14.4 Å². The molecule has 0 spiro atoms. The highest BCUT2D eigenvalue weighted by Crippen LogP contribution is 2.59. The third kappa shape index (κ3) is 4.60. The normalized spacial score (nSPS) is 38.1. The van der Waals surface area contributed by atoms with Crippen LogP contribution in [-0.4, -0.2) is 121 Å². The van der Waals surface area contributed by atoms with E-state index < -0.39 is 34.4 Å². The molecule has 6 heterocycles. The molecule has 6 aliphatic rings. The van der Waals surface area contributed by atoms with Gasteiger partial charge in [-0.15, -0.1) is 0 Å². The minimum absolute atomic E-state index is 0.00357. The lowest BCUT2D eigenvalue weighted by molar-refractivity contribution is -0.156. The van der Waals surface area contributed by atoms with E-state index in [0.717, 1.165) is 23.7 Å². The molecule has 0 saturated carbocycles. The number of nitrogens with zero attached hydrogens (tertiary/aromatic N) is 3. The maximum Gasteiger partial charge on any atom is 0.311 e. The van der Waals surface area contributed by atoms with Gasteiger partial charge in [0.1, 0.15) is 0 Å². The Labute approximate surface area is 284 Å². The summed E-state index contributed by atoms with van der Waals surface area (Å²) < 4.78 is 23.4. The van der Waals surface area contributed by atoms with Gasteiger partial charge in [-0.25, -0.2) is 0 Å². The minimum atomic E-state index is -0.804. The second-order valence-electron chi connectivity index (χ2n) is 14.7. The summed E-state index contributed by atoms with van der Waals surface area (Å²) in [6, 6.07) is 7.13. The number of carbonyl (C=O) groups excluding carboxylic acids is 4.